The highest BCUT2D eigenvalue weighted by molar-refractivity contribution is 6.38. The summed E-state index contributed by atoms with van der Waals surface area (Å²) >= 11 is 0. The molecule has 0 saturated carbocycles. The molecule has 8 heteroatoms. The Morgan fingerprint density at radius 2 is 2.05 bits per heavy atom. The van der Waals surface area contributed by atoms with E-state index in [1.165, 1.54) is 0 Å². The highest BCUT2D eigenvalue weighted by Gasteiger charge is 2.30. The number of carbonyl (C=O) groups excluding carboxylic acids is 1. The van der Waals surface area contributed by atoms with Gasteiger partial charge >= 0.3 is 6.48 Å². The average molecular weight is 259 g/mol. The van der Waals surface area contributed by atoms with Crippen LogP contribution >= 0.6 is 0 Å². The molecule has 1 aromatic rings. The third kappa shape index (κ3) is 2.96. The number of carbonyl (C=O) groups is 1. The van der Waals surface area contributed by atoms with Crippen LogP contribution in [0.15, 0.2) is 18.2 Å². The van der Waals surface area contributed by atoms with E-state index in [0.717, 1.165) is 0 Å². The van der Waals surface area contributed by atoms with Gasteiger partial charge in [0.05, 0.1) is 0 Å². The predicted octanol–water partition coefficient (Wildman–Crippen LogP) is -2.59. The summed E-state index contributed by atoms with van der Waals surface area (Å²) < 4.78 is 10.1. The maximum absolute atomic E-state index is 12.5. The number of ether oxygens (including phenoxy) is 2. The van der Waals surface area contributed by atoms with Crippen LogP contribution < -0.4 is 14.8 Å². The van der Waals surface area contributed by atoms with Crippen molar-refractivity contribution in [3.8, 4) is 11.5 Å². The zero-order valence-electron chi connectivity index (χ0n) is 11.6. The molecule has 2 atom stereocenters. The van der Waals surface area contributed by atoms with E-state index in [-0.39, 0.29) is 11.6 Å². The van der Waals surface area contributed by atoms with Gasteiger partial charge in [-0.1, -0.05) is 5.84 Å². The van der Waals surface area contributed by atoms with Gasteiger partial charge in [-0.2, -0.15) is 0 Å². The number of aliphatic hydroxyl groups is 1. The first-order chi connectivity index (χ1) is 8.79. The lowest BCUT2D eigenvalue weighted by atomic mass is 9.69. The summed E-state index contributed by atoms with van der Waals surface area (Å²) in [4.78, 5) is 12.5. The van der Waals surface area contributed by atoms with Gasteiger partial charge < -0.3 is 19.9 Å². The van der Waals surface area contributed by atoms with Gasteiger partial charge in [-0.15, -0.1) is 0 Å². The first kappa shape index (κ1) is 14.0. The van der Waals surface area contributed by atoms with Gasteiger partial charge in [0.1, 0.15) is 23.5 Å². The van der Waals surface area contributed by atoms with Crippen molar-refractivity contribution in [2.24, 2.45) is 0 Å². The summed E-state index contributed by atoms with van der Waals surface area (Å²) in [6, 6.07) is 4.90. The van der Waals surface area contributed by atoms with E-state index >= 15 is 0 Å². The highest BCUT2D eigenvalue weighted by Crippen LogP contribution is 2.35. The highest BCUT2D eigenvalue weighted by atomic mass is 16.8. The predicted molar refractivity (Wildman–Crippen MR) is 79.0 cm³/mol. The summed E-state index contributed by atoms with van der Waals surface area (Å²) in [7, 11) is 5.82. The SMILES string of the molecule is BC(B)N[C@@](B)(C)C(=O)c1ccc2c(c1)OC(O)O2. The Hall–Kier alpha value is -1.40. The minimum absolute atomic E-state index is 0.0333. The first-order valence-electron chi connectivity index (χ1n) is 6.27. The lowest BCUT2D eigenvalue weighted by Gasteiger charge is -2.28. The van der Waals surface area contributed by atoms with Crippen LogP contribution in [0.3, 0.4) is 0 Å². The van der Waals surface area contributed by atoms with Crippen LogP contribution in [0.1, 0.15) is 17.3 Å². The Morgan fingerprint density at radius 3 is 2.68 bits per heavy atom. The summed E-state index contributed by atoms with van der Waals surface area (Å²) in [5.41, 5.74) is -0.143. The van der Waals surface area contributed by atoms with Crippen molar-refractivity contribution in [1.82, 2.24) is 5.32 Å². The van der Waals surface area contributed by atoms with Gasteiger partial charge in [0, 0.05) is 11.0 Å². The summed E-state index contributed by atoms with van der Waals surface area (Å²) in [6.45, 7) is 0.552. The fourth-order valence-corrected chi connectivity index (χ4v) is 2.23. The van der Waals surface area contributed by atoms with E-state index in [2.05, 4.69) is 5.32 Å². The number of ketones is 1. The van der Waals surface area contributed by atoms with Gasteiger partial charge in [-0.25, -0.2) is 0 Å². The molecule has 1 heterocycles. The topological polar surface area (TPSA) is 67.8 Å². The zero-order chi connectivity index (χ0) is 14.2. The van der Waals surface area contributed by atoms with Gasteiger partial charge in [0.25, 0.3) is 0 Å². The van der Waals surface area contributed by atoms with E-state index in [1.54, 1.807) is 18.2 Å². The third-order valence-corrected chi connectivity index (χ3v) is 2.88. The lowest BCUT2D eigenvalue weighted by Crippen LogP contribution is -2.54. The summed E-state index contributed by atoms with van der Waals surface area (Å²) in [6.07, 6.45) is 0. The molecular formula is C11H16B3NO4. The molecule has 2 N–H and O–H groups in total. The normalized spacial score (nSPS) is 20.3. The smallest absolute Gasteiger partial charge is 0.358 e. The van der Waals surface area contributed by atoms with Crippen molar-refractivity contribution < 1.29 is 19.4 Å². The molecule has 0 saturated heterocycles. The molecule has 5 nitrogen and oxygen atoms in total. The molecule has 19 heavy (non-hydrogen) atoms. The van der Waals surface area contributed by atoms with E-state index in [0.29, 0.717) is 17.1 Å². The van der Waals surface area contributed by atoms with Gasteiger partial charge in [-0.05, 0) is 25.1 Å². The van der Waals surface area contributed by atoms with Crippen LogP contribution in [0.4, 0.5) is 0 Å². The number of benzene rings is 1. The first-order valence-corrected chi connectivity index (χ1v) is 6.27. The maximum Gasteiger partial charge on any atom is 0.358 e. The molecule has 2 rings (SSSR count). The molecule has 0 aliphatic carbocycles. The van der Waals surface area contributed by atoms with Crippen molar-refractivity contribution in [2.45, 2.75) is 24.7 Å². The Bertz CT molecular complexity index is 507. The van der Waals surface area contributed by atoms with Crippen molar-refractivity contribution >= 4 is 29.3 Å². The van der Waals surface area contributed by atoms with Gasteiger partial charge in [-0.3, -0.25) is 4.79 Å². The fraction of sp³-hybridized carbons (Fsp3) is 0.364. The van der Waals surface area contributed by atoms with E-state index in [4.69, 9.17) is 9.47 Å². The minimum Gasteiger partial charge on any atom is -0.428 e. The number of hydrogen-bond acceptors (Lipinski definition) is 5. The fourth-order valence-electron chi connectivity index (χ4n) is 2.23. The van der Waals surface area contributed by atoms with Crippen molar-refractivity contribution in [1.29, 1.82) is 0 Å². The molecule has 1 unspecified atom stereocenters. The van der Waals surface area contributed by atoms with Crippen LogP contribution in [0.25, 0.3) is 0 Å². The second-order valence-corrected chi connectivity index (χ2v) is 5.46. The van der Waals surface area contributed by atoms with Crippen LogP contribution in [0, 0.1) is 0 Å². The largest absolute Gasteiger partial charge is 0.428 e. The standard InChI is InChI=1S/C11H16B3NO4/c1-11(14,15-9(12)13)8(16)5-2-3-6-7(4-5)19-10(17)18-6/h2-4,9-10,15,17H,12-14H2,1H3/t10?,11-/m0/s1. The number of Topliss-reactive ketones (excluding diaryl/α,β-unsaturated/α-hetero) is 1. The molecule has 1 aliphatic rings. The zero-order valence-corrected chi connectivity index (χ0v) is 11.6. The lowest BCUT2D eigenvalue weighted by molar-refractivity contribution is -0.133. The molecule has 1 aromatic carbocycles. The molecule has 0 radical (unpaired) electrons. The van der Waals surface area contributed by atoms with E-state index in [1.807, 2.05) is 30.5 Å². The number of fused-ring (bicyclic) bond motifs is 1. The second kappa shape index (κ2) is 4.94. The van der Waals surface area contributed by atoms with Crippen molar-refractivity contribution in [3.63, 3.8) is 0 Å². The molecule has 0 aromatic heterocycles. The molecule has 1 aliphatic heterocycles. The van der Waals surface area contributed by atoms with Crippen LogP contribution in [-0.4, -0.2) is 52.2 Å². The summed E-state index contributed by atoms with van der Waals surface area (Å²) in [5, 5.41) is 12.4. The molecular weight excluding hydrogens is 243 g/mol. The minimum atomic E-state index is -1.29. The quantitative estimate of drug-likeness (QED) is 0.458. The number of nitrogens with one attached hydrogen (secondary N) is 1. The van der Waals surface area contributed by atoms with E-state index in [9.17, 15) is 9.90 Å². The molecule has 0 amide bonds. The number of hydrogen-bond donors (Lipinski definition) is 2. The van der Waals surface area contributed by atoms with Gasteiger partial charge in [0.2, 0.25) is 0 Å². The molecule has 0 spiro atoms. The maximum atomic E-state index is 12.5. The Labute approximate surface area is 114 Å². The molecule has 0 fully saturated rings. The van der Waals surface area contributed by atoms with Crippen LogP contribution in [0.2, 0.25) is 0 Å². The van der Waals surface area contributed by atoms with Crippen molar-refractivity contribution in [2.75, 3.05) is 0 Å². The van der Waals surface area contributed by atoms with Crippen molar-refractivity contribution in [3.05, 3.63) is 23.8 Å². The Balaban J connectivity index is 2.23. The monoisotopic (exact) mass is 259 g/mol. The third-order valence-electron chi connectivity index (χ3n) is 2.88. The average Bonchev–Trinajstić information content (AvgIpc) is 2.65. The Kier molecular flexibility index (Phi) is 3.65. The number of rotatable bonds is 4. The Morgan fingerprint density at radius 1 is 1.42 bits per heavy atom. The number of aliphatic hydroxyl groups excluding tert-OH is 1. The second-order valence-electron chi connectivity index (χ2n) is 5.46. The van der Waals surface area contributed by atoms with Gasteiger partial charge in [0.15, 0.2) is 17.3 Å². The molecule has 0 bridgehead atoms. The van der Waals surface area contributed by atoms with Crippen LogP contribution in [-0.2, 0) is 0 Å². The summed E-state index contributed by atoms with van der Waals surface area (Å²) in [5.74, 6) is 1.00. The molecule has 98 valence electrons. The van der Waals surface area contributed by atoms with E-state index < -0.39 is 11.9 Å². The van der Waals surface area contributed by atoms with Crippen LogP contribution in [0.5, 0.6) is 11.5 Å².